The van der Waals surface area contributed by atoms with Crippen molar-refractivity contribution in [2.24, 2.45) is 0 Å². The number of hydrogen-bond acceptors (Lipinski definition) is 8. The van der Waals surface area contributed by atoms with E-state index >= 15 is 0 Å². The number of rotatable bonds is 11. The van der Waals surface area contributed by atoms with Crippen LogP contribution in [0.3, 0.4) is 0 Å². The monoisotopic (exact) mass is 531 g/mol. The van der Waals surface area contributed by atoms with Gasteiger partial charge in [-0.1, -0.05) is 11.8 Å². The van der Waals surface area contributed by atoms with Crippen LogP contribution in [0.1, 0.15) is 30.0 Å². The standard InChI is InChI=1S/C28H29N5O4S/c1-18(34)20-5-7-22(8-6-20)30-27(35)19(2)38-28-32-31-26(17-29-21-9-13-24(36-3)14-10-21)33(28)23-11-15-25(37-4)16-12-23/h5-16,19,29H,17H2,1-4H3,(H,30,35)/t19-/m1/s1. The number of amides is 1. The van der Waals surface area contributed by atoms with Crippen molar-refractivity contribution >= 4 is 34.8 Å². The average Bonchev–Trinajstić information content (AvgIpc) is 3.34. The van der Waals surface area contributed by atoms with E-state index in [2.05, 4.69) is 20.8 Å². The Morgan fingerprint density at radius 3 is 2.03 bits per heavy atom. The first-order valence-electron chi connectivity index (χ1n) is 11.9. The summed E-state index contributed by atoms with van der Waals surface area (Å²) < 4.78 is 12.5. The largest absolute Gasteiger partial charge is 0.497 e. The molecule has 196 valence electrons. The number of methoxy groups -OCH3 is 2. The van der Waals surface area contributed by atoms with Crippen molar-refractivity contribution in [3.8, 4) is 17.2 Å². The second-order valence-electron chi connectivity index (χ2n) is 8.40. The number of hydrogen-bond donors (Lipinski definition) is 2. The fraction of sp³-hybridized carbons (Fsp3) is 0.214. The zero-order chi connectivity index (χ0) is 27.1. The van der Waals surface area contributed by atoms with Crippen LogP contribution >= 0.6 is 11.8 Å². The quantitative estimate of drug-likeness (QED) is 0.200. The van der Waals surface area contributed by atoms with Gasteiger partial charge in [-0.05, 0) is 86.6 Å². The molecular weight excluding hydrogens is 502 g/mol. The van der Waals surface area contributed by atoms with E-state index in [0.717, 1.165) is 22.9 Å². The zero-order valence-electron chi connectivity index (χ0n) is 21.6. The van der Waals surface area contributed by atoms with Crippen LogP contribution in [0.25, 0.3) is 5.69 Å². The van der Waals surface area contributed by atoms with Gasteiger partial charge in [0.2, 0.25) is 5.91 Å². The maximum Gasteiger partial charge on any atom is 0.237 e. The van der Waals surface area contributed by atoms with Crippen LogP contribution in [-0.4, -0.2) is 45.9 Å². The molecule has 0 saturated heterocycles. The summed E-state index contributed by atoms with van der Waals surface area (Å²) in [6.45, 7) is 3.73. The molecule has 1 aromatic heterocycles. The minimum Gasteiger partial charge on any atom is -0.497 e. The van der Waals surface area contributed by atoms with Crippen LogP contribution in [0.5, 0.6) is 11.5 Å². The summed E-state index contributed by atoms with van der Waals surface area (Å²) in [7, 11) is 3.25. The van der Waals surface area contributed by atoms with E-state index in [-0.39, 0.29) is 11.7 Å². The molecule has 9 nitrogen and oxygen atoms in total. The van der Waals surface area contributed by atoms with Gasteiger partial charge in [0.15, 0.2) is 16.8 Å². The van der Waals surface area contributed by atoms with Crippen molar-refractivity contribution < 1.29 is 19.1 Å². The summed E-state index contributed by atoms with van der Waals surface area (Å²) in [5.41, 5.74) is 2.97. The molecule has 2 N–H and O–H groups in total. The number of aromatic nitrogens is 3. The molecular formula is C28H29N5O4S. The predicted octanol–water partition coefficient (Wildman–Crippen LogP) is 5.22. The number of thioether (sulfide) groups is 1. The first kappa shape index (κ1) is 26.7. The van der Waals surface area contributed by atoms with Crippen LogP contribution in [-0.2, 0) is 11.3 Å². The minimum absolute atomic E-state index is 0.0260. The van der Waals surface area contributed by atoms with E-state index in [1.165, 1.54) is 18.7 Å². The highest BCUT2D eigenvalue weighted by Crippen LogP contribution is 2.28. The summed E-state index contributed by atoms with van der Waals surface area (Å²) in [6.07, 6.45) is 0. The number of Topliss-reactive ketones (excluding diaryl/α,β-unsaturated/α-hetero) is 1. The Morgan fingerprint density at radius 1 is 0.868 bits per heavy atom. The highest BCUT2D eigenvalue weighted by molar-refractivity contribution is 8.00. The Kier molecular flexibility index (Phi) is 8.65. The summed E-state index contributed by atoms with van der Waals surface area (Å²) in [5, 5.41) is 15.2. The highest BCUT2D eigenvalue weighted by Gasteiger charge is 2.21. The second-order valence-corrected chi connectivity index (χ2v) is 9.71. The Bertz CT molecular complexity index is 1390. The number of nitrogens with one attached hydrogen (secondary N) is 2. The van der Waals surface area contributed by atoms with E-state index in [1.54, 1.807) is 38.5 Å². The summed E-state index contributed by atoms with van der Waals surface area (Å²) in [4.78, 5) is 24.4. The predicted molar refractivity (Wildman–Crippen MR) is 149 cm³/mol. The summed E-state index contributed by atoms with van der Waals surface area (Å²) in [5.74, 6) is 1.98. The van der Waals surface area contributed by atoms with Crippen LogP contribution in [0.4, 0.5) is 11.4 Å². The number of carbonyl (C=O) groups excluding carboxylic acids is 2. The van der Waals surface area contributed by atoms with E-state index in [9.17, 15) is 9.59 Å². The highest BCUT2D eigenvalue weighted by atomic mass is 32.2. The van der Waals surface area contributed by atoms with Crippen molar-refractivity contribution in [3.05, 3.63) is 84.2 Å². The van der Waals surface area contributed by atoms with E-state index in [0.29, 0.717) is 28.8 Å². The maximum absolute atomic E-state index is 12.9. The number of ketones is 1. The number of benzene rings is 3. The third kappa shape index (κ3) is 6.51. The summed E-state index contributed by atoms with van der Waals surface area (Å²) >= 11 is 1.31. The Labute approximate surface area is 225 Å². The number of ether oxygens (including phenoxy) is 2. The van der Waals surface area contributed by atoms with E-state index in [1.807, 2.05) is 60.0 Å². The molecule has 0 fully saturated rings. The fourth-order valence-electron chi connectivity index (χ4n) is 3.62. The van der Waals surface area contributed by atoms with Gasteiger partial charge in [0.25, 0.3) is 0 Å². The Hall–Kier alpha value is -4.31. The van der Waals surface area contributed by atoms with Crippen molar-refractivity contribution in [1.29, 1.82) is 0 Å². The Balaban J connectivity index is 1.53. The first-order chi connectivity index (χ1) is 18.4. The van der Waals surface area contributed by atoms with Gasteiger partial charge in [-0.25, -0.2) is 0 Å². The second kappa shape index (κ2) is 12.3. The molecule has 0 aliphatic carbocycles. The normalized spacial score (nSPS) is 11.5. The molecule has 0 bridgehead atoms. The van der Waals surface area contributed by atoms with Gasteiger partial charge in [0.1, 0.15) is 11.5 Å². The first-order valence-corrected chi connectivity index (χ1v) is 12.8. The molecule has 0 saturated carbocycles. The Morgan fingerprint density at radius 2 is 1.45 bits per heavy atom. The lowest BCUT2D eigenvalue weighted by atomic mass is 10.1. The lowest BCUT2D eigenvalue weighted by Crippen LogP contribution is -2.23. The summed E-state index contributed by atoms with van der Waals surface area (Å²) in [6, 6.07) is 22.0. The molecule has 38 heavy (non-hydrogen) atoms. The lowest BCUT2D eigenvalue weighted by molar-refractivity contribution is -0.115. The number of anilines is 2. The van der Waals surface area contributed by atoms with E-state index in [4.69, 9.17) is 9.47 Å². The van der Waals surface area contributed by atoms with Gasteiger partial charge >= 0.3 is 0 Å². The van der Waals surface area contributed by atoms with Crippen molar-refractivity contribution in [2.75, 3.05) is 24.9 Å². The molecule has 0 aliphatic rings. The van der Waals surface area contributed by atoms with Crippen LogP contribution in [0, 0.1) is 0 Å². The van der Waals surface area contributed by atoms with Gasteiger partial charge in [-0.15, -0.1) is 10.2 Å². The smallest absolute Gasteiger partial charge is 0.237 e. The molecule has 4 rings (SSSR count). The van der Waals surface area contributed by atoms with Gasteiger partial charge in [0.05, 0.1) is 26.0 Å². The molecule has 1 heterocycles. The van der Waals surface area contributed by atoms with Crippen molar-refractivity contribution in [3.63, 3.8) is 0 Å². The molecule has 1 atom stereocenters. The van der Waals surface area contributed by atoms with Crippen LogP contribution in [0.2, 0.25) is 0 Å². The number of nitrogens with zero attached hydrogens (tertiary/aromatic N) is 3. The van der Waals surface area contributed by atoms with E-state index < -0.39 is 5.25 Å². The maximum atomic E-state index is 12.9. The SMILES string of the molecule is COc1ccc(NCc2nnc(S[C@H](C)C(=O)Nc3ccc(C(C)=O)cc3)n2-c2ccc(OC)cc2)cc1. The zero-order valence-corrected chi connectivity index (χ0v) is 22.4. The van der Waals surface area contributed by atoms with Gasteiger partial charge in [-0.3, -0.25) is 14.2 Å². The van der Waals surface area contributed by atoms with Gasteiger partial charge < -0.3 is 20.1 Å². The third-order valence-corrected chi connectivity index (χ3v) is 6.82. The molecule has 0 aliphatic heterocycles. The third-order valence-electron chi connectivity index (χ3n) is 5.78. The lowest BCUT2D eigenvalue weighted by Gasteiger charge is -2.15. The fourth-order valence-corrected chi connectivity index (χ4v) is 4.50. The van der Waals surface area contributed by atoms with Crippen LogP contribution in [0.15, 0.2) is 78.0 Å². The topological polar surface area (TPSA) is 107 Å². The van der Waals surface area contributed by atoms with Gasteiger partial charge in [-0.2, -0.15) is 0 Å². The molecule has 0 spiro atoms. The van der Waals surface area contributed by atoms with Crippen LogP contribution < -0.4 is 20.1 Å². The molecule has 0 unspecified atom stereocenters. The molecule has 1 amide bonds. The van der Waals surface area contributed by atoms with Crippen molar-refractivity contribution in [2.45, 2.75) is 30.8 Å². The molecule has 0 radical (unpaired) electrons. The van der Waals surface area contributed by atoms with Crippen molar-refractivity contribution in [1.82, 2.24) is 14.8 Å². The molecule has 10 heteroatoms. The minimum atomic E-state index is -0.467. The van der Waals surface area contributed by atoms with Gasteiger partial charge in [0, 0.05) is 22.6 Å². The molecule has 4 aromatic rings. The average molecular weight is 532 g/mol. The number of carbonyl (C=O) groups is 2. The molecule has 3 aromatic carbocycles.